The van der Waals surface area contributed by atoms with Crippen molar-refractivity contribution in [2.24, 2.45) is 0 Å². The third-order valence-corrected chi connectivity index (χ3v) is 8.03. The molecule has 1 heterocycles. The molecule has 0 aromatic carbocycles. The predicted octanol–water partition coefficient (Wildman–Crippen LogP) is 1.55. The van der Waals surface area contributed by atoms with Gasteiger partial charge in [-0.15, -0.1) is 0 Å². The maximum absolute atomic E-state index is 2.26. The van der Waals surface area contributed by atoms with E-state index in [9.17, 15) is 0 Å². The van der Waals surface area contributed by atoms with E-state index in [-0.39, 0.29) is 19.8 Å². The molecule has 0 N–H and O–H groups in total. The summed E-state index contributed by atoms with van der Waals surface area (Å²) >= 11 is 0.203. The molecule has 1 fully saturated rings. The van der Waals surface area contributed by atoms with E-state index < -0.39 is 0 Å². The van der Waals surface area contributed by atoms with E-state index in [4.69, 9.17) is 0 Å². The molecule has 1 rings (SSSR count). The van der Waals surface area contributed by atoms with Gasteiger partial charge in [0.05, 0.1) is 0 Å². The van der Waals surface area contributed by atoms with Gasteiger partial charge >= 0.3 is 51.7 Å². The van der Waals surface area contributed by atoms with Crippen LogP contribution in [0.2, 0.25) is 4.44 Å². The fourth-order valence-corrected chi connectivity index (χ4v) is 6.95. The second-order valence-electron chi connectivity index (χ2n) is 1.45. The molecule has 1 aliphatic heterocycles. The first-order valence-electron chi connectivity index (χ1n) is 2.35. The quantitative estimate of drug-likeness (QED) is 0.543. The van der Waals surface area contributed by atoms with Crippen LogP contribution >= 0.6 is 8.95 Å². The van der Waals surface area contributed by atoms with Crippen molar-refractivity contribution in [1.82, 2.24) is 0 Å². The summed E-state index contributed by atoms with van der Waals surface area (Å²) in [6.45, 7) is 0. The standard InChI is InChI=1S/C4H9S.Sn/c1-2-3-4-5;/h5H,1-4H2;/q;+1/p-1. The van der Waals surface area contributed by atoms with Gasteiger partial charge in [0.25, 0.3) is 0 Å². The Labute approximate surface area is 51.7 Å². The minimum atomic E-state index is 0.203. The van der Waals surface area contributed by atoms with E-state index in [1.54, 1.807) is 10.9 Å². The molecule has 0 unspecified atom stereocenters. The Kier molecular flexibility index (Phi) is 2.81. The Morgan fingerprint density at radius 1 is 1.33 bits per heavy atom. The molecule has 0 amide bonds. The molecule has 2 heteroatoms. The van der Waals surface area contributed by atoms with Crippen molar-refractivity contribution < 1.29 is 0 Å². The first kappa shape index (κ1) is 5.29. The van der Waals surface area contributed by atoms with Crippen LogP contribution in [0.5, 0.6) is 0 Å². The van der Waals surface area contributed by atoms with Crippen LogP contribution in [-0.4, -0.2) is 25.5 Å². The summed E-state index contributed by atoms with van der Waals surface area (Å²) in [5, 5.41) is 0. The van der Waals surface area contributed by atoms with Gasteiger partial charge in [-0.3, -0.25) is 0 Å². The van der Waals surface area contributed by atoms with Gasteiger partial charge in [-0.2, -0.15) is 0 Å². The third kappa shape index (κ3) is 1.73. The van der Waals surface area contributed by atoms with E-state index in [1.807, 2.05) is 0 Å². The van der Waals surface area contributed by atoms with E-state index in [1.165, 1.54) is 12.2 Å². The van der Waals surface area contributed by atoms with E-state index >= 15 is 0 Å². The second-order valence-corrected chi connectivity index (χ2v) is 8.81. The average molecular weight is 207 g/mol. The molecule has 0 aromatic rings. The second kappa shape index (κ2) is 3.19. The summed E-state index contributed by atoms with van der Waals surface area (Å²) in [4.78, 5) is 0. The van der Waals surface area contributed by atoms with Crippen molar-refractivity contribution in [3.05, 3.63) is 0 Å². The molecule has 0 aliphatic carbocycles. The first-order valence-corrected chi connectivity index (χ1v) is 8.85. The minimum absolute atomic E-state index is 0.203. The van der Waals surface area contributed by atoms with Crippen molar-refractivity contribution >= 4 is 28.7 Å². The topological polar surface area (TPSA) is 0 Å². The van der Waals surface area contributed by atoms with Gasteiger partial charge in [-0.25, -0.2) is 0 Å². The van der Waals surface area contributed by atoms with Crippen LogP contribution in [0.4, 0.5) is 0 Å². The van der Waals surface area contributed by atoms with Crippen molar-refractivity contribution in [1.29, 1.82) is 0 Å². The first-order chi connectivity index (χ1) is 3.00. The summed E-state index contributed by atoms with van der Waals surface area (Å²) < 4.78 is 1.63. The Morgan fingerprint density at radius 2 is 2.33 bits per heavy atom. The van der Waals surface area contributed by atoms with Crippen LogP contribution in [0, 0.1) is 0 Å². The molecule has 0 bridgehead atoms. The summed E-state index contributed by atoms with van der Waals surface area (Å²) in [5.41, 5.74) is 0. The van der Waals surface area contributed by atoms with Crippen LogP contribution in [0.1, 0.15) is 12.8 Å². The Morgan fingerprint density at radius 3 is 2.50 bits per heavy atom. The van der Waals surface area contributed by atoms with Crippen LogP contribution in [0.15, 0.2) is 0 Å². The molecule has 1 saturated heterocycles. The predicted molar refractivity (Wildman–Crippen MR) is 32.3 cm³/mol. The monoisotopic (exact) mass is 208 g/mol. The summed E-state index contributed by atoms with van der Waals surface area (Å²) in [6, 6.07) is 0. The Bertz CT molecular complexity index is 23.0. The molecule has 0 aromatic heterocycles. The Hall–Kier alpha value is 1.15. The SMILES string of the molecule is C1C[CH2][Sn][S]C1. The van der Waals surface area contributed by atoms with Gasteiger partial charge in [0.1, 0.15) is 0 Å². The number of hydrogen-bond donors (Lipinski definition) is 0. The van der Waals surface area contributed by atoms with Gasteiger partial charge in [0.15, 0.2) is 0 Å². The van der Waals surface area contributed by atoms with Crippen molar-refractivity contribution in [2.75, 3.05) is 5.75 Å². The van der Waals surface area contributed by atoms with Gasteiger partial charge in [0, 0.05) is 0 Å². The number of rotatable bonds is 0. The van der Waals surface area contributed by atoms with Crippen molar-refractivity contribution in [3.8, 4) is 0 Å². The van der Waals surface area contributed by atoms with Crippen LogP contribution in [0.3, 0.4) is 0 Å². The Balaban J connectivity index is 2.00. The van der Waals surface area contributed by atoms with E-state index in [0.717, 1.165) is 0 Å². The molecule has 0 spiro atoms. The zero-order valence-electron chi connectivity index (χ0n) is 3.74. The molecule has 1 aliphatic rings. The van der Waals surface area contributed by atoms with E-state index in [0.29, 0.717) is 0 Å². The molecule has 6 heavy (non-hydrogen) atoms. The molecular formula is C4H8SSn. The maximum atomic E-state index is 2.26. The molecule has 0 nitrogen and oxygen atoms in total. The number of hydrogen-bond acceptors (Lipinski definition) is 1. The fraction of sp³-hybridized carbons (Fsp3) is 1.00. The van der Waals surface area contributed by atoms with Gasteiger partial charge in [0.2, 0.25) is 0 Å². The summed E-state index contributed by atoms with van der Waals surface area (Å²) in [5.74, 6) is 1.49. The van der Waals surface area contributed by atoms with Crippen molar-refractivity contribution in [3.63, 3.8) is 0 Å². The van der Waals surface area contributed by atoms with Gasteiger partial charge in [-0.05, 0) is 0 Å². The molecular weight excluding hydrogens is 199 g/mol. The normalized spacial score (nSPS) is 24.0. The molecule has 0 atom stereocenters. The van der Waals surface area contributed by atoms with Crippen LogP contribution < -0.4 is 0 Å². The van der Waals surface area contributed by atoms with Crippen LogP contribution in [-0.2, 0) is 0 Å². The third-order valence-electron chi connectivity index (χ3n) is 0.877. The van der Waals surface area contributed by atoms with Gasteiger partial charge in [-0.1, -0.05) is 0 Å². The zero-order valence-corrected chi connectivity index (χ0v) is 7.41. The summed E-state index contributed by atoms with van der Waals surface area (Å²) in [7, 11) is 2.26. The molecule has 2 radical (unpaired) electrons. The van der Waals surface area contributed by atoms with Crippen LogP contribution in [0.25, 0.3) is 0 Å². The zero-order chi connectivity index (χ0) is 4.24. The fourth-order valence-electron chi connectivity index (χ4n) is 0.516. The van der Waals surface area contributed by atoms with Crippen molar-refractivity contribution in [2.45, 2.75) is 17.3 Å². The van der Waals surface area contributed by atoms with Gasteiger partial charge < -0.3 is 0 Å². The van der Waals surface area contributed by atoms with E-state index in [2.05, 4.69) is 8.95 Å². The molecule has 0 saturated carbocycles. The average Bonchev–Trinajstić information content (AvgIpc) is 1.72. The molecule has 34 valence electrons. The summed E-state index contributed by atoms with van der Waals surface area (Å²) in [6.07, 6.45) is 3.06.